The van der Waals surface area contributed by atoms with Crippen LogP contribution in [0, 0.1) is 11.8 Å². The van der Waals surface area contributed by atoms with Crippen LogP contribution in [0.5, 0.6) is 5.75 Å². The topological polar surface area (TPSA) is 51.2 Å². The monoisotopic (exact) mass is 322 g/mol. The van der Waals surface area contributed by atoms with Gasteiger partial charge in [0.05, 0.1) is 16.9 Å². The minimum Gasteiger partial charge on any atom is -0.481 e. The molecule has 3 aromatic rings. The Morgan fingerprint density at radius 2 is 2.17 bits per heavy atom. The zero-order chi connectivity index (χ0) is 15.9. The molecule has 114 valence electrons. The number of pyridine rings is 1. The van der Waals surface area contributed by atoms with Crippen LogP contribution < -0.4 is 10.1 Å². The van der Waals surface area contributed by atoms with Gasteiger partial charge in [-0.15, -0.1) is 11.3 Å². The van der Waals surface area contributed by atoms with Crippen molar-refractivity contribution in [3.8, 4) is 17.6 Å². The molecule has 0 atom stereocenters. The van der Waals surface area contributed by atoms with E-state index in [1.807, 2.05) is 41.8 Å². The van der Waals surface area contributed by atoms with E-state index in [1.165, 1.54) is 11.3 Å². The number of ether oxygens (including phenoxy) is 1. The molecule has 5 heteroatoms. The lowest BCUT2D eigenvalue weighted by Gasteiger charge is -2.03. The number of carbonyl (C=O) groups excluding carboxylic acids is 1. The Bertz CT molecular complexity index is 863. The number of nitrogens with one attached hydrogen (secondary N) is 1. The first kappa shape index (κ1) is 15.1. The maximum Gasteiger partial charge on any atom is 0.262 e. The number of nitrogens with zero attached hydrogens (tertiary/aromatic N) is 1. The van der Waals surface area contributed by atoms with Crippen molar-refractivity contribution in [2.75, 3.05) is 13.2 Å². The van der Waals surface area contributed by atoms with Gasteiger partial charge in [-0.05, 0) is 29.6 Å². The number of fused-ring (bicyclic) bond motifs is 1. The fraction of sp³-hybridized carbons (Fsp3) is 0.111. The second-order valence-electron chi connectivity index (χ2n) is 4.66. The molecule has 2 heterocycles. The number of amides is 1. The van der Waals surface area contributed by atoms with Crippen molar-refractivity contribution < 1.29 is 9.53 Å². The van der Waals surface area contributed by atoms with Gasteiger partial charge in [-0.3, -0.25) is 9.78 Å². The molecule has 0 aliphatic heterocycles. The van der Waals surface area contributed by atoms with E-state index in [2.05, 4.69) is 22.1 Å². The van der Waals surface area contributed by atoms with Crippen LogP contribution in [0.2, 0.25) is 0 Å². The van der Waals surface area contributed by atoms with Gasteiger partial charge in [0.15, 0.2) is 0 Å². The molecule has 0 aliphatic rings. The molecule has 2 aromatic heterocycles. The minimum atomic E-state index is -0.101. The molecular formula is C18H14N2O2S. The highest BCUT2D eigenvalue weighted by Gasteiger charge is 2.03. The quantitative estimate of drug-likeness (QED) is 0.751. The molecule has 23 heavy (non-hydrogen) atoms. The van der Waals surface area contributed by atoms with E-state index in [4.69, 9.17) is 4.74 Å². The lowest BCUT2D eigenvalue weighted by atomic mass is 10.2. The van der Waals surface area contributed by atoms with E-state index < -0.39 is 0 Å². The zero-order valence-electron chi connectivity index (χ0n) is 12.3. The van der Waals surface area contributed by atoms with Crippen LogP contribution in [0.15, 0.2) is 54.0 Å². The van der Waals surface area contributed by atoms with Gasteiger partial charge in [-0.2, -0.15) is 0 Å². The Labute approximate surface area is 138 Å². The fourth-order valence-electron chi connectivity index (χ4n) is 1.99. The first-order valence-corrected chi connectivity index (χ1v) is 7.96. The van der Waals surface area contributed by atoms with Gasteiger partial charge < -0.3 is 10.1 Å². The summed E-state index contributed by atoms with van der Waals surface area (Å²) in [6.45, 7) is 0.576. The largest absolute Gasteiger partial charge is 0.481 e. The van der Waals surface area contributed by atoms with E-state index in [0.29, 0.717) is 11.4 Å². The lowest BCUT2D eigenvalue weighted by Crippen LogP contribution is -2.22. The van der Waals surface area contributed by atoms with Crippen molar-refractivity contribution in [1.29, 1.82) is 0 Å². The standard InChI is InChI=1S/C18H14N2O2S/c21-18(17-6-4-12-23-17)20-9-1-2-11-22-15-8-7-14-5-3-10-19-16(14)13-15/h3-8,10,12-13H,9,11H2,(H,20,21). The molecule has 4 nitrogen and oxygen atoms in total. The molecule has 0 unspecified atom stereocenters. The van der Waals surface area contributed by atoms with E-state index in [9.17, 15) is 4.79 Å². The smallest absolute Gasteiger partial charge is 0.262 e. The van der Waals surface area contributed by atoms with Crippen molar-refractivity contribution >= 4 is 28.1 Å². The van der Waals surface area contributed by atoms with E-state index in [0.717, 1.165) is 16.7 Å². The number of rotatable bonds is 4. The first-order valence-electron chi connectivity index (χ1n) is 7.08. The molecule has 0 fully saturated rings. The summed E-state index contributed by atoms with van der Waals surface area (Å²) in [5.74, 6) is 6.38. The van der Waals surface area contributed by atoms with Crippen LogP contribution in [-0.2, 0) is 0 Å². The number of carbonyl (C=O) groups is 1. The highest BCUT2D eigenvalue weighted by Crippen LogP contribution is 2.18. The van der Waals surface area contributed by atoms with Crippen LogP contribution in [0.4, 0.5) is 0 Å². The molecule has 0 bridgehead atoms. The van der Waals surface area contributed by atoms with E-state index >= 15 is 0 Å². The Kier molecular flexibility index (Phi) is 4.87. The summed E-state index contributed by atoms with van der Waals surface area (Å²) in [5.41, 5.74) is 0.890. The summed E-state index contributed by atoms with van der Waals surface area (Å²) in [4.78, 5) is 16.6. The zero-order valence-corrected chi connectivity index (χ0v) is 13.1. The molecule has 0 spiro atoms. The van der Waals surface area contributed by atoms with E-state index in [1.54, 1.807) is 12.3 Å². The normalized spacial score (nSPS) is 9.91. The molecule has 1 aromatic carbocycles. The van der Waals surface area contributed by atoms with Gasteiger partial charge >= 0.3 is 0 Å². The van der Waals surface area contributed by atoms with Gasteiger partial charge in [0.25, 0.3) is 5.91 Å². The van der Waals surface area contributed by atoms with Crippen molar-refractivity contribution in [3.05, 3.63) is 58.9 Å². The van der Waals surface area contributed by atoms with Gasteiger partial charge in [0, 0.05) is 17.6 Å². The Morgan fingerprint density at radius 3 is 3.04 bits per heavy atom. The van der Waals surface area contributed by atoms with Gasteiger partial charge in [0.2, 0.25) is 0 Å². The van der Waals surface area contributed by atoms with Crippen molar-refractivity contribution in [2.24, 2.45) is 0 Å². The third-order valence-corrected chi connectivity index (χ3v) is 3.96. The molecule has 0 aliphatic carbocycles. The fourth-order valence-corrected chi connectivity index (χ4v) is 2.63. The molecule has 3 rings (SSSR count). The average molecular weight is 322 g/mol. The molecule has 1 N–H and O–H groups in total. The number of thiophene rings is 1. The van der Waals surface area contributed by atoms with Crippen LogP contribution in [0.3, 0.4) is 0 Å². The number of hydrogen-bond donors (Lipinski definition) is 1. The maximum atomic E-state index is 11.7. The average Bonchev–Trinajstić information content (AvgIpc) is 3.12. The lowest BCUT2D eigenvalue weighted by molar-refractivity contribution is 0.0962. The molecule has 0 radical (unpaired) electrons. The van der Waals surface area contributed by atoms with Crippen LogP contribution in [0.25, 0.3) is 10.9 Å². The summed E-state index contributed by atoms with van der Waals surface area (Å²) in [7, 11) is 0. The summed E-state index contributed by atoms with van der Waals surface area (Å²) in [5, 5.41) is 5.68. The number of aromatic nitrogens is 1. The summed E-state index contributed by atoms with van der Waals surface area (Å²) < 4.78 is 5.57. The van der Waals surface area contributed by atoms with Gasteiger partial charge in [0.1, 0.15) is 12.4 Å². The predicted octanol–water partition coefficient (Wildman–Crippen LogP) is 3.11. The van der Waals surface area contributed by atoms with Crippen molar-refractivity contribution in [2.45, 2.75) is 0 Å². The van der Waals surface area contributed by atoms with E-state index in [-0.39, 0.29) is 12.5 Å². The third kappa shape index (κ3) is 4.09. The van der Waals surface area contributed by atoms with Crippen LogP contribution in [-0.4, -0.2) is 24.0 Å². The van der Waals surface area contributed by atoms with Gasteiger partial charge in [-0.25, -0.2) is 0 Å². The Hall–Kier alpha value is -2.84. The number of benzene rings is 1. The minimum absolute atomic E-state index is 0.101. The second-order valence-corrected chi connectivity index (χ2v) is 5.61. The van der Waals surface area contributed by atoms with Crippen molar-refractivity contribution in [3.63, 3.8) is 0 Å². The van der Waals surface area contributed by atoms with Crippen LogP contribution >= 0.6 is 11.3 Å². The van der Waals surface area contributed by atoms with Crippen LogP contribution in [0.1, 0.15) is 9.67 Å². The third-order valence-electron chi connectivity index (χ3n) is 3.10. The summed E-state index contributed by atoms with van der Waals surface area (Å²) in [6.07, 6.45) is 1.75. The van der Waals surface area contributed by atoms with Gasteiger partial charge in [-0.1, -0.05) is 24.0 Å². The Morgan fingerprint density at radius 1 is 1.22 bits per heavy atom. The summed E-state index contributed by atoms with van der Waals surface area (Å²) in [6, 6.07) is 13.3. The SMILES string of the molecule is O=C(NCC#CCOc1ccc2cccnc2c1)c1cccs1. The Balaban J connectivity index is 1.46. The molecular weight excluding hydrogens is 308 g/mol. The first-order chi connectivity index (χ1) is 11.3. The molecule has 0 saturated heterocycles. The maximum absolute atomic E-state index is 11.7. The van der Waals surface area contributed by atoms with Crippen molar-refractivity contribution in [1.82, 2.24) is 10.3 Å². The highest BCUT2D eigenvalue weighted by atomic mass is 32.1. The number of hydrogen-bond acceptors (Lipinski definition) is 4. The highest BCUT2D eigenvalue weighted by molar-refractivity contribution is 7.12. The molecule has 0 saturated carbocycles. The summed E-state index contributed by atoms with van der Waals surface area (Å²) >= 11 is 1.41. The second kappa shape index (κ2) is 7.43. The molecule has 1 amide bonds. The predicted molar refractivity (Wildman–Crippen MR) is 91.7 cm³/mol.